The highest BCUT2D eigenvalue weighted by molar-refractivity contribution is 7.90. The fourth-order valence-corrected chi connectivity index (χ4v) is 7.37. The summed E-state index contributed by atoms with van der Waals surface area (Å²) in [5.74, 6) is -3.25. The number of carbonyl (C=O) groups is 5. The first-order chi connectivity index (χ1) is 24.5. The second-order valence-electron chi connectivity index (χ2n) is 12.4. The highest BCUT2D eigenvalue weighted by Gasteiger charge is 2.34. The Morgan fingerprint density at radius 3 is 1.27 bits per heavy atom. The number of urea groups is 1. The number of benzene rings is 2. The molecule has 0 bridgehead atoms. The molecule has 17 heteroatoms. The molecule has 0 aliphatic heterocycles. The Balaban J connectivity index is 0.992. The predicted molar refractivity (Wildman–Crippen MR) is 188 cm³/mol. The first kappa shape index (κ1) is 36.1. The SMILES string of the molecule is O=C(Nc1ccc(C(=O)NC2=CC(=O)C3CC(S(=O)(=O)O)=CC=C3C2)cc1)Nc1ccc(C(=O)NC2=CC(=O)C3CC(S(=O)(=O)O)=CC=C3C2)cc1. The summed E-state index contributed by atoms with van der Waals surface area (Å²) in [6.07, 6.45) is 8.03. The summed E-state index contributed by atoms with van der Waals surface area (Å²) in [7, 11) is -8.82. The van der Waals surface area contributed by atoms with Crippen molar-refractivity contribution in [3.63, 3.8) is 0 Å². The van der Waals surface area contributed by atoms with Crippen LogP contribution in [0.15, 0.2) is 117 Å². The zero-order valence-corrected chi connectivity index (χ0v) is 28.6. The van der Waals surface area contributed by atoms with Crippen LogP contribution in [0.5, 0.6) is 0 Å². The van der Waals surface area contributed by atoms with Crippen molar-refractivity contribution >= 4 is 61.0 Å². The summed E-state index contributed by atoms with van der Waals surface area (Å²) in [5.41, 5.74) is 3.11. The van der Waals surface area contributed by atoms with Gasteiger partial charge in [-0.25, -0.2) is 4.79 Å². The fraction of sp³-hybridized carbons (Fsp3) is 0.171. The molecule has 0 saturated heterocycles. The van der Waals surface area contributed by atoms with Gasteiger partial charge in [-0.15, -0.1) is 0 Å². The number of ketones is 2. The average Bonchev–Trinajstić information content (AvgIpc) is 3.07. The lowest BCUT2D eigenvalue weighted by Crippen LogP contribution is -2.31. The minimum Gasteiger partial charge on any atom is -0.325 e. The van der Waals surface area contributed by atoms with Gasteiger partial charge in [-0.1, -0.05) is 23.3 Å². The Labute approximate surface area is 297 Å². The molecule has 0 saturated carbocycles. The quantitative estimate of drug-likeness (QED) is 0.211. The van der Waals surface area contributed by atoms with E-state index in [0.717, 1.165) is 0 Å². The normalized spacial score (nSPS) is 20.0. The van der Waals surface area contributed by atoms with Gasteiger partial charge in [0.1, 0.15) is 0 Å². The Hall–Kier alpha value is -5.75. The molecule has 0 radical (unpaired) electrons. The van der Waals surface area contributed by atoms with Gasteiger partial charge in [-0.05, 0) is 73.5 Å². The Morgan fingerprint density at radius 2 is 0.923 bits per heavy atom. The molecule has 4 amide bonds. The van der Waals surface area contributed by atoms with Crippen LogP contribution in [0.25, 0.3) is 0 Å². The standard InChI is InChI=1S/C35H30N4O11S2/c40-31-15-25(13-21-5-11-27(17-29(21)31)51(45,46)47)36-33(42)19-1-7-23(8-2-19)38-35(44)39-24-9-3-20(4-10-24)34(43)37-26-14-22-6-12-28(52(48,49)50)18-30(22)32(41)16-26/h1-12,15-16,29-30H,13-14,17-18H2,(H,36,42)(H,37,43)(H2,38,39,44)(H,45,46,47)(H,48,49,50). The number of nitrogens with one attached hydrogen (secondary N) is 4. The van der Waals surface area contributed by atoms with Crippen LogP contribution in [0.2, 0.25) is 0 Å². The van der Waals surface area contributed by atoms with Gasteiger partial charge in [-0.3, -0.25) is 28.3 Å². The second-order valence-corrected chi connectivity index (χ2v) is 15.3. The molecule has 4 aliphatic carbocycles. The molecule has 0 aromatic heterocycles. The Bertz CT molecular complexity index is 2170. The maximum atomic E-state index is 12.9. The summed E-state index contributed by atoms with van der Waals surface area (Å²) in [5, 5.41) is 10.6. The van der Waals surface area contributed by atoms with E-state index in [-0.39, 0.29) is 46.6 Å². The number of carbonyl (C=O) groups excluding carboxylic acids is 5. The maximum absolute atomic E-state index is 12.9. The summed E-state index contributed by atoms with van der Waals surface area (Å²) >= 11 is 0. The number of amides is 4. The lowest BCUT2D eigenvalue weighted by molar-refractivity contribution is -0.118. The highest BCUT2D eigenvalue weighted by atomic mass is 32.2. The van der Waals surface area contributed by atoms with Crippen LogP contribution in [0.1, 0.15) is 46.4 Å². The first-order valence-electron chi connectivity index (χ1n) is 15.7. The summed E-state index contributed by atoms with van der Waals surface area (Å²) in [4.78, 5) is 63.1. The van der Waals surface area contributed by atoms with E-state index in [2.05, 4.69) is 21.3 Å². The molecule has 0 heterocycles. The molecule has 6 rings (SSSR count). The third kappa shape index (κ3) is 8.24. The van der Waals surface area contributed by atoms with Crippen molar-refractivity contribution in [1.29, 1.82) is 0 Å². The Morgan fingerprint density at radius 1 is 0.558 bits per heavy atom. The topological polar surface area (TPSA) is 242 Å². The third-order valence-corrected chi connectivity index (χ3v) is 10.7. The minimum absolute atomic E-state index is 0.152. The number of rotatable bonds is 8. The number of fused-ring (bicyclic) bond motifs is 2. The lowest BCUT2D eigenvalue weighted by Gasteiger charge is -2.27. The number of hydrogen-bond acceptors (Lipinski definition) is 9. The van der Waals surface area contributed by atoms with Crippen LogP contribution < -0.4 is 21.3 Å². The van der Waals surface area contributed by atoms with Crippen molar-refractivity contribution in [2.45, 2.75) is 25.7 Å². The molecule has 268 valence electrons. The van der Waals surface area contributed by atoms with Gasteiger partial charge in [0.25, 0.3) is 32.1 Å². The molecular weight excluding hydrogens is 717 g/mol. The van der Waals surface area contributed by atoms with Crippen LogP contribution in [-0.2, 0) is 29.8 Å². The van der Waals surface area contributed by atoms with Gasteiger partial charge in [0, 0.05) is 70.7 Å². The van der Waals surface area contributed by atoms with E-state index in [9.17, 15) is 49.9 Å². The fourth-order valence-electron chi connectivity index (χ4n) is 6.13. The van der Waals surface area contributed by atoms with Gasteiger partial charge < -0.3 is 21.3 Å². The van der Waals surface area contributed by atoms with E-state index in [4.69, 9.17) is 0 Å². The molecule has 2 aromatic carbocycles. The lowest BCUT2D eigenvalue weighted by atomic mass is 9.81. The van der Waals surface area contributed by atoms with Gasteiger partial charge in [0.2, 0.25) is 0 Å². The Kier molecular flexibility index (Phi) is 9.78. The minimum atomic E-state index is -4.41. The van der Waals surface area contributed by atoms with E-state index < -0.39 is 61.5 Å². The first-order valence-corrected chi connectivity index (χ1v) is 18.6. The molecule has 2 unspecified atom stereocenters. The van der Waals surface area contributed by atoms with Crippen LogP contribution in [0.3, 0.4) is 0 Å². The molecule has 0 fully saturated rings. The zero-order valence-electron chi connectivity index (χ0n) is 27.0. The van der Waals surface area contributed by atoms with Crippen molar-refractivity contribution in [2.24, 2.45) is 11.8 Å². The summed E-state index contributed by atoms with van der Waals surface area (Å²) in [6.45, 7) is 0. The van der Waals surface area contributed by atoms with E-state index in [0.29, 0.717) is 33.9 Å². The molecule has 4 aliphatic rings. The number of allylic oxidation sites excluding steroid dienone is 10. The predicted octanol–water partition coefficient (Wildman–Crippen LogP) is 3.94. The van der Waals surface area contributed by atoms with E-state index in [1.165, 1.54) is 85.0 Å². The molecule has 0 spiro atoms. The van der Waals surface area contributed by atoms with E-state index in [1.807, 2.05) is 0 Å². The van der Waals surface area contributed by atoms with Crippen molar-refractivity contribution in [2.75, 3.05) is 10.6 Å². The molecule has 15 nitrogen and oxygen atoms in total. The summed E-state index contributed by atoms with van der Waals surface area (Å²) < 4.78 is 64.4. The van der Waals surface area contributed by atoms with Crippen LogP contribution in [-0.4, -0.2) is 55.4 Å². The largest absolute Gasteiger partial charge is 0.325 e. The maximum Gasteiger partial charge on any atom is 0.323 e. The molecule has 52 heavy (non-hydrogen) atoms. The highest BCUT2D eigenvalue weighted by Crippen LogP contribution is 2.36. The zero-order chi connectivity index (χ0) is 37.4. The van der Waals surface area contributed by atoms with E-state index in [1.54, 1.807) is 0 Å². The molecule has 2 atom stereocenters. The van der Waals surface area contributed by atoms with Gasteiger partial charge in [0.05, 0.1) is 9.81 Å². The molecular formula is C35H30N4O11S2. The van der Waals surface area contributed by atoms with Crippen molar-refractivity contribution in [3.8, 4) is 0 Å². The van der Waals surface area contributed by atoms with E-state index >= 15 is 0 Å². The van der Waals surface area contributed by atoms with Gasteiger partial charge >= 0.3 is 6.03 Å². The van der Waals surface area contributed by atoms with Gasteiger partial charge in [-0.2, -0.15) is 16.8 Å². The monoisotopic (exact) mass is 746 g/mol. The molecule has 2 aromatic rings. The van der Waals surface area contributed by atoms with Crippen molar-refractivity contribution in [3.05, 3.63) is 128 Å². The summed E-state index contributed by atoms with van der Waals surface area (Å²) in [6, 6.07) is 11.3. The number of hydrogen-bond donors (Lipinski definition) is 6. The van der Waals surface area contributed by atoms with Crippen molar-refractivity contribution < 1.29 is 49.9 Å². The average molecular weight is 747 g/mol. The van der Waals surface area contributed by atoms with Crippen LogP contribution in [0, 0.1) is 11.8 Å². The third-order valence-electron chi connectivity index (χ3n) is 8.80. The van der Waals surface area contributed by atoms with Crippen molar-refractivity contribution in [1.82, 2.24) is 10.6 Å². The van der Waals surface area contributed by atoms with Crippen LogP contribution in [0.4, 0.5) is 16.2 Å². The van der Waals surface area contributed by atoms with Gasteiger partial charge in [0.15, 0.2) is 11.6 Å². The second kappa shape index (κ2) is 14.1. The number of anilines is 2. The smallest absolute Gasteiger partial charge is 0.323 e. The molecule has 6 N–H and O–H groups in total. The van der Waals surface area contributed by atoms with Crippen LogP contribution >= 0.6 is 0 Å².